The van der Waals surface area contributed by atoms with Crippen LogP contribution in [-0.4, -0.2) is 40.0 Å². The molecule has 17 heavy (non-hydrogen) atoms. The average Bonchev–Trinajstić information content (AvgIpc) is 2.34. The number of rotatable bonds is 4. The van der Waals surface area contributed by atoms with Crippen LogP contribution in [0.1, 0.15) is 0 Å². The molecule has 0 bridgehead atoms. The number of hydrogen-bond acceptors (Lipinski definition) is 1. The zero-order valence-electron chi connectivity index (χ0n) is 9.03. The smallest absolute Gasteiger partial charge is 0.256 e. The second-order valence-corrected chi connectivity index (χ2v) is 7.00. The third-order valence-corrected chi connectivity index (χ3v) is 4.73. The fourth-order valence-corrected chi connectivity index (χ4v) is 3.31. The molecule has 2 aromatic rings. The minimum absolute atomic E-state index is 0.402. The van der Waals surface area contributed by atoms with Crippen LogP contribution in [0.2, 0.25) is 0 Å². The Hall–Kier alpha value is -0.732. The molecule has 0 amide bonds. The van der Waals surface area contributed by atoms with E-state index in [1.165, 1.54) is 10.4 Å². The first-order valence-corrected chi connectivity index (χ1v) is 7.87. The van der Waals surface area contributed by atoms with Crippen LogP contribution >= 0.6 is 0 Å². The van der Waals surface area contributed by atoms with E-state index in [0.717, 1.165) is 10.4 Å². The quantitative estimate of drug-likeness (QED) is 0.618. The lowest BCUT2D eigenvalue weighted by Gasteiger charge is -2.02. The summed E-state index contributed by atoms with van der Waals surface area (Å²) in [7, 11) is 7.74. The predicted molar refractivity (Wildman–Crippen MR) is 75.5 cm³/mol. The van der Waals surface area contributed by atoms with Gasteiger partial charge in [0, 0.05) is 0 Å². The Kier molecular flexibility index (Phi) is 4.69. The van der Waals surface area contributed by atoms with E-state index in [1.807, 2.05) is 24.3 Å². The van der Waals surface area contributed by atoms with Gasteiger partial charge in [0.05, 0.1) is 20.5 Å². The molecule has 0 spiro atoms. The molecular weight excluding hydrogens is 272 g/mol. The minimum Gasteiger partial charge on any atom is -0.450 e. The Balaban J connectivity index is 1.83. The van der Waals surface area contributed by atoms with Crippen molar-refractivity contribution in [3.8, 4) is 0 Å². The summed E-state index contributed by atoms with van der Waals surface area (Å²) in [6, 6.07) is 16.4. The zero-order chi connectivity index (χ0) is 12.1. The van der Waals surface area contributed by atoms with Gasteiger partial charge in [-0.25, -0.2) is 0 Å². The molecule has 0 aromatic heterocycles. The second kappa shape index (κ2) is 6.27. The summed E-state index contributed by atoms with van der Waals surface area (Å²) in [6.07, 6.45) is 0. The van der Waals surface area contributed by atoms with Crippen LogP contribution in [-0.2, 0) is 4.12 Å². The van der Waals surface area contributed by atoms with Gasteiger partial charge in [-0.2, -0.15) is 0 Å². The summed E-state index contributed by atoms with van der Waals surface area (Å²) in [5, 5.41) is 4.62. The van der Waals surface area contributed by atoms with Gasteiger partial charge in [-0.3, -0.25) is 0 Å². The standard InChI is InChI=1S/C12H8OSi4/c14-9-1-5-11(6-2-9)16-13-17-12-7-3-10(15)4-8-12/h1-8H. The Morgan fingerprint density at radius 3 is 1.35 bits per heavy atom. The summed E-state index contributed by atoms with van der Waals surface area (Å²) >= 11 is 0. The third-order valence-electron chi connectivity index (χ3n) is 2.11. The first-order chi connectivity index (χ1) is 8.24. The first-order valence-electron chi connectivity index (χ1n) is 5.05. The maximum absolute atomic E-state index is 5.71. The molecule has 0 unspecified atom stereocenters. The zero-order valence-corrected chi connectivity index (χ0v) is 13.0. The molecule has 0 fully saturated rings. The lowest BCUT2D eigenvalue weighted by atomic mass is 10.4. The van der Waals surface area contributed by atoms with Crippen LogP contribution in [0.4, 0.5) is 0 Å². The summed E-state index contributed by atoms with van der Waals surface area (Å²) in [5.74, 6) is 0. The molecule has 5 heteroatoms. The van der Waals surface area contributed by atoms with Crippen molar-refractivity contribution in [2.24, 2.45) is 0 Å². The molecule has 2 aromatic carbocycles. The van der Waals surface area contributed by atoms with Crippen molar-refractivity contribution in [2.45, 2.75) is 0 Å². The molecule has 0 heterocycles. The Labute approximate surface area is 113 Å². The van der Waals surface area contributed by atoms with Crippen LogP contribution < -0.4 is 20.7 Å². The molecule has 0 atom stereocenters. The van der Waals surface area contributed by atoms with Gasteiger partial charge >= 0.3 is 0 Å². The van der Waals surface area contributed by atoms with Crippen molar-refractivity contribution in [1.29, 1.82) is 0 Å². The minimum atomic E-state index is 0.402. The van der Waals surface area contributed by atoms with E-state index in [9.17, 15) is 0 Å². The lowest BCUT2D eigenvalue weighted by molar-refractivity contribution is 0.663. The topological polar surface area (TPSA) is 9.23 Å². The van der Waals surface area contributed by atoms with Crippen LogP contribution in [0.25, 0.3) is 0 Å². The van der Waals surface area contributed by atoms with E-state index in [0.29, 0.717) is 19.5 Å². The van der Waals surface area contributed by atoms with Crippen molar-refractivity contribution < 1.29 is 4.12 Å². The van der Waals surface area contributed by atoms with Gasteiger partial charge in [0.25, 0.3) is 19.5 Å². The van der Waals surface area contributed by atoms with Gasteiger partial charge in [-0.15, -0.1) is 0 Å². The van der Waals surface area contributed by atoms with Gasteiger partial charge in [0.2, 0.25) is 0 Å². The first kappa shape index (κ1) is 12.7. The predicted octanol–water partition coefficient (Wildman–Crippen LogP) is -1.52. The van der Waals surface area contributed by atoms with Crippen molar-refractivity contribution in [1.82, 2.24) is 0 Å². The van der Waals surface area contributed by atoms with Gasteiger partial charge in [-0.05, 0) is 10.4 Å². The Bertz CT molecular complexity index is 421. The second-order valence-electron chi connectivity index (χ2n) is 3.46. The largest absolute Gasteiger partial charge is 0.450 e. The van der Waals surface area contributed by atoms with Crippen molar-refractivity contribution in [3.05, 3.63) is 48.5 Å². The molecule has 0 aliphatic carbocycles. The number of benzene rings is 2. The van der Waals surface area contributed by atoms with Gasteiger partial charge in [0.1, 0.15) is 0 Å². The normalized spacial score (nSPS) is 10.5. The Morgan fingerprint density at radius 1 is 0.647 bits per heavy atom. The molecular formula is C12H8OSi4. The maximum atomic E-state index is 5.71. The molecule has 2 rings (SSSR count). The molecule has 1 nitrogen and oxygen atoms in total. The van der Waals surface area contributed by atoms with Crippen LogP contribution in [0.5, 0.6) is 0 Å². The van der Waals surface area contributed by atoms with Crippen LogP contribution in [0, 0.1) is 0 Å². The van der Waals surface area contributed by atoms with E-state index >= 15 is 0 Å². The summed E-state index contributed by atoms with van der Waals surface area (Å²) in [6.45, 7) is 0. The molecule has 10 radical (unpaired) electrons. The third kappa shape index (κ3) is 4.21. The maximum Gasteiger partial charge on any atom is 0.256 e. The summed E-state index contributed by atoms with van der Waals surface area (Å²) in [4.78, 5) is 0. The molecule has 0 aliphatic heterocycles. The van der Waals surface area contributed by atoms with E-state index in [4.69, 9.17) is 4.12 Å². The molecule has 0 saturated heterocycles. The molecule has 0 N–H and O–H groups in total. The average molecular weight is 281 g/mol. The van der Waals surface area contributed by atoms with E-state index in [-0.39, 0.29) is 0 Å². The highest BCUT2D eigenvalue weighted by atomic mass is 28.3. The summed E-state index contributed by atoms with van der Waals surface area (Å²) < 4.78 is 5.71. The highest BCUT2D eigenvalue weighted by molar-refractivity contribution is 6.60. The Morgan fingerprint density at radius 2 is 1.00 bits per heavy atom. The van der Waals surface area contributed by atoms with Crippen LogP contribution in [0.3, 0.4) is 0 Å². The van der Waals surface area contributed by atoms with Crippen LogP contribution in [0.15, 0.2) is 48.5 Å². The highest BCUT2D eigenvalue weighted by Gasteiger charge is 1.99. The van der Waals surface area contributed by atoms with E-state index < -0.39 is 0 Å². The SMILES string of the molecule is [Si]c1ccc([Si]O[Si]c2ccc([Si])cc2)cc1. The van der Waals surface area contributed by atoms with Gasteiger partial charge in [0.15, 0.2) is 0 Å². The van der Waals surface area contributed by atoms with Gasteiger partial charge < -0.3 is 4.12 Å². The van der Waals surface area contributed by atoms with Crippen molar-refractivity contribution >= 4 is 60.8 Å². The van der Waals surface area contributed by atoms with Crippen molar-refractivity contribution in [3.63, 3.8) is 0 Å². The molecule has 0 saturated carbocycles. The monoisotopic (exact) mass is 280 g/mol. The van der Waals surface area contributed by atoms with E-state index in [1.54, 1.807) is 0 Å². The van der Waals surface area contributed by atoms with Crippen molar-refractivity contribution in [2.75, 3.05) is 0 Å². The molecule has 78 valence electrons. The molecule has 0 aliphatic rings. The highest BCUT2D eigenvalue weighted by Crippen LogP contribution is 1.81. The van der Waals surface area contributed by atoms with Gasteiger partial charge in [-0.1, -0.05) is 58.9 Å². The summed E-state index contributed by atoms with van der Waals surface area (Å²) in [5.41, 5.74) is 0. The lowest BCUT2D eigenvalue weighted by Crippen LogP contribution is -2.27. The number of hydrogen-bond donors (Lipinski definition) is 0. The fraction of sp³-hybridized carbons (Fsp3) is 0. The van der Waals surface area contributed by atoms with E-state index in [2.05, 4.69) is 44.8 Å². The fourth-order valence-electron chi connectivity index (χ4n) is 1.22.